The third-order valence-electron chi connectivity index (χ3n) is 3.29. The van der Waals surface area contributed by atoms with Gasteiger partial charge in [-0.3, -0.25) is 0 Å². The molecule has 0 saturated heterocycles. The molecule has 0 amide bonds. The van der Waals surface area contributed by atoms with Crippen molar-refractivity contribution in [2.24, 2.45) is 0 Å². The topological polar surface area (TPSA) is 41.0 Å². The van der Waals surface area contributed by atoms with Crippen LogP contribution >= 0.6 is 11.3 Å². The van der Waals surface area contributed by atoms with Gasteiger partial charge < -0.3 is 10.2 Å². The average Bonchev–Trinajstić information content (AvgIpc) is 2.92. The van der Waals surface area contributed by atoms with Crippen molar-refractivity contribution in [2.45, 2.75) is 0 Å². The van der Waals surface area contributed by atoms with Crippen molar-refractivity contribution in [3.8, 4) is 10.4 Å². The van der Waals surface area contributed by atoms with Crippen LogP contribution in [0.25, 0.3) is 20.7 Å². The first kappa shape index (κ1) is 14.9. The molecule has 3 aromatic rings. The lowest BCUT2D eigenvalue weighted by Gasteiger charge is -2.10. The quantitative estimate of drug-likeness (QED) is 0.782. The minimum atomic E-state index is -0.226. The van der Waals surface area contributed by atoms with Crippen LogP contribution in [-0.2, 0) is 0 Å². The number of likely N-dealkylation sites (N-methyl/N-ethyl adjacent to an activating group) is 1. The molecule has 0 aliphatic heterocycles. The molecule has 3 rings (SSSR count). The van der Waals surface area contributed by atoms with Gasteiger partial charge in [0.1, 0.15) is 18.0 Å². The average molecular weight is 316 g/mol. The number of halogens is 1. The Morgan fingerprint density at radius 1 is 1.18 bits per heavy atom. The van der Waals surface area contributed by atoms with Crippen molar-refractivity contribution in [3.63, 3.8) is 0 Å². The molecule has 0 radical (unpaired) electrons. The van der Waals surface area contributed by atoms with E-state index in [0.29, 0.717) is 0 Å². The molecule has 0 fully saturated rings. The second-order valence-corrected chi connectivity index (χ2v) is 6.34. The molecule has 114 valence electrons. The number of hydrogen-bond acceptors (Lipinski definition) is 5. The van der Waals surface area contributed by atoms with Crippen LogP contribution in [0.1, 0.15) is 0 Å². The number of benzene rings is 1. The van der Waals surface area contributed by atoms with Crippen molar-refractivity contribution < 1.29 is 4.39 Å². The van der Waals surface area contributed by atoms with E-state index in [0.717, 1.165) is 39.6 Å². The normalized spacial score (nSPS) is 11.3. The number of hydrogen-bond donors (Lipinski definition) is 1. The Hall–Kier alpha value is -2.05. The molecule has 0 saturated carbocycles. The van der Waals surface area contributed by atoms with Gasteiger partial charge in [-0.25, -0.2) is 14.4 Å². The molecule has 0 unspecified atom stereocenters. The highest BCUT2D eigenvalue weighted by Crippen LogP contribution is 2.35. The van der Waals surface area contributed by atoms with E-state index in [9.17, 15) is 4.39 Å². The molecule has 0 bridgehead atoms. The number of anilines is 1. The predicted octanol–water partition coefficient (Wildman–Crippen LogP) is 3.47. The van der Waals surface area contributed by atoms with Gasteiger partial charge in [0.25, 0.3) is 0 Å². The molecule has 0 atom stereocenters. The van der Waals surface area contributed by atoms with Gasteiger partial charge in [0.2, 0.25) is 0 Å². The van der Waals surface area contributed by atoms with Crippen LogP contribution in [0.5, 0.6) is 0 Å². The summed E-state index contributed by atoms with van der Waals surface area (Å²) in [5.74, 6) is 0.626. The maximum absolute atomic E-state index is 13.0. The van der Waals surface area contributed by atoms with Gasteiger partial charge in [-0.2, -0.15) is 0 Å². The highest BCUT2D eigenvalue weighted by atomic mass is 32.1. The number of nitrogens with one attached hydrogen (secondary N) is 1. The van der Waals surface area contributed by atoms with Crippen molar-refractivity contribution in [1.82, 2.24) is 14.9 Å². The van der Waals surface area contributed by atoms with Crippen LogP contribution in [0.4, 0.5) is 10.2 Å². The Labute approximate surface area is 132 Å². The molecule has 0 aliphatic carbocycles. The third-order valence-corrected chi connectivity index (χ3v) is 4.47. The van der Waals surface area contributed by atoms with E-state index in [2.05, 4.69) is 20.2 Å². The lowest BCUT2D eigenvalue weighted by molar-refractivity contribution is 0.425. The first-order valence-corrected chi connectivity index (χ1v) is 7.84. The van der Waals surface area contributed by atoms with Crippen LogP contribution in [0.15, 0.2) is 36.7 Å². The van der Waals surface area contributed by atoms with E-state index < -0.39 is 0 Å². The maximum Gasteiger partial charge on any atom is 0.147 e. The number of fused-ring (bicyclic) bond motifs is 1. The van der Waals surface area contributed by atoms with Crippen LogP contribution in [-0.4, -0.2) is 42.1 Å². The lowest BCUT2D eigenvalue weighted by atomic mass is 10.2. The summed E-state index contributed by atoms with van der Waals surface area (Å²) in [6, 6.07) is 8.54. The minimum Gasteiger partial charge on any atom is -0.367 e. The molecule has 2 heterocycles. The summed E-state index contributed by atoms with van der Waals surface area (Å²) in [7, 11) is 4.07. The highest BCUT2D eigenvalue weighted by molar-refractivity contribution is 7.22. The molecule has 0 spiro atoms. The minimum absolute atomic E-state index is 0.226. The van der Waals surface area contributed by atoms with Crippen molar-refractivity contribution in [3.05, 3.63) is 42.5 Å². The van der Waals surface area contributed by atoms with E-state index in [1.165, 1.54) is 12.1 Å². The smallest absolute Gasteiger partial charge is 0.147 e. The summed E-state index contributed by atoms with van der Waals surface area (Å²) in [6.07, 6.45) is 1.57. The van der Waals surface area contributed by atoms with Gasteiger partial charge in [-0.1, -0.05) is 12.1 Å². The molecule has 1 aromatic carbocycles. The van der Waals surface area contributed by atoms with Crippen molar-refractivity contribution >= 4 is 27.4 Å². The zero-order valence-electron chi connectivity index (χ0n) is 12.5. The fraction of sp³-hybridized carbons (Fsp3) is 0.250. The maximum atomic E-state index is 13.0. The Morgan fingerprint density at radius 2 is 1.95 bits per heavy atom. The number of nitrogens with zero attached hydrogens (tertiary/aromatic N) is 3. The van der Waals surface area contributed by atoms with Gasteiger partial charge in [0, 0.05) is 18.0 Å². The fourth-order valence-electron chi connectivity index (χ4n) is 2.13. The molecule has 4 nitrogen and oxygen atoms in total. The zero-order valence-corrected chi connectivity index (χ0v) is 13.3. The second-order valence-electron chi connectivity index (χ2n) is 5.28. The number of thiophene rings is 1. The van der Waals surface area contributed by atoms with Gasteiger partial charge >= 0.3 is 0 Å². The zero-order chi connectivity index (χ0) is 15.5. The highest BCUT2D eigenvalue weighted by Gasteiger charge is 2.10. The number of rotatable bonds is 5. The van der Waals surface area contributed by atoms with Crippen molar-refractivity contribution in [1.29, 1.82) is 0 Å². The third kappa shape index (κ3) is 3.23. The fourth-order valence-corrected chi connectivity index (χ4v) is 3.22. The van der Waals surface area contributed by atoms with Gasteiger partial charge in [0.05, 0.1) is 10.2 Å². The molecular formula is C16H17FN4S. The Bertz CT molecular complexity index is 767. The Balaban J connectivity index is 1.90. The Morgan fingerprint density at radius 3 is 2.68 bits per heavy atom. The van der Waals surface area contributed by atoms with Crippen molar-refractivity contribution in [2.75, 3.05) is 32.5 Å². The summed E-state index contributed by atoms with van der Waals surface area (Å²) in [4.78, 5) is 11.8. The molecule has 0 aliphatic rings. The van der Waals surface area contributed by atoms with Crippen LogP contribution in [0.2, 0.25) is 0 Å². The van der Waals surface area contributed by atoms with E-state index in [-0.39, 0.29) is 5.82 Å². The summed E-state index contributed by atoms with van der Waals surface area (Å²) in [5, 5.41) is 3.35. The summed E-state index contributed by atoms with van der Waals surface area (Å²) >= 11 is 1.62. The predicted molar refractivity (Wildman–Crippen MR) is 89.9 cm³/mol. The first-order chi connectivity index (χ1) is 10.6. The lowest BCUT2D eigenvalue weighted by Crippen LogP contribution is -2.21. The van der Waals surface area contributed by atoms with Crippen LogP contribution in [0, 0.1) is 5.82 Å². The summed E-state index contributed by atoms with van der Waals surface area (Å²) in [6.45, 7) is 1.75. The van der Waals surface area contributed by atoms with Gasteiger partial charge in [0.15, 0.2) is 0 Å². The second kappa shape index (κ2) is 6.37. The summed E-state index contributed by atoms with van der Waals surface area (Å²) < 4.78 is 14.1. The molecular weight excluding hydrogens is 299 g/mol. The van der Waals surface area contributed by atoms with Crippen LogP contribution in [0.3, 0.4) is 0 Å². The molecule has 1 N–H and O–H groups in total. The Kier molecular flexibility index (Phi) is 4.31. The largest absolute Gasteiger partial charge is 0.367 e. The molecule has 22 heavy (non-hydrogen) atoms. The SMILES string of the molecule is CN(C)CCNc1ncnc2cc(-c3ccc(F)cc3)sc12. The summed E-state index contributed by atoms with van der Waals surface area (Å²) in [5.41, 5.74) is 1.90. The van der Waals surface area contributed by atoms with E-state index in [1.807, 2.05) is 20.2 Å². The van der Waals surface area contributed by atoms with Crippen LogP contribution < -0.4 is 5.32 Å². The van der Waals surface area contributed by atoms with Gasteiger partial charge in [-0.05, 0) is 37.9 Å². The first-order valence-electron chi connectivity index (χ1n) is 7.02. The van der Waals surface area contributed by atoms with E-state index >= 15 is 0 Å². The molecule has 2 aromatic heterocycles. The monoisotopic (exact) mass is 316 g/mol. The van der Waals surface area contributed by atoms with E-state index in [1.54, 1.807) is 29.8 Å². The standard InChI is InChI=1S/C16H17FN4S/c1-21(2)8-7-18-16-15-13(19-10-20-16)9-14(22-15)11-3-5-12(17)6-4-11/h3-6,9-10H,7-8H2,1-2H3,(H,18,19,20). The van der Waals surface area contributed by atoms with Gasteiger partial charge in [-0.15, -0.1) is 11.3 Å². The van der Waals surface area contributed by atoms with E-state index in [4.69, 9.17) is 0 Å². The number of aromatic nitrogens is 2. The molecule has 6 heteroatoms.